The zero-order valence-corrected chi connectivity index (χ0v) is 15.8. The van der Waals surface area contributed by atoms with Crippen LogP contribution < -0.4 is 0 Å². The molecule has 1 aromatic carbocycles. The summed E-state index contributed by atoms with van der Waals surface area (Å²) in [4.78, 5) is 22.9. The smallest absolute Gasteiger partial charge is 0.303 e. The van der Waals surface area contributed by atoms with Gasteiger partial charge in [0.25, 0.3) is 10.1 Å². The predicted octanol–water partition coefficient (Wildman–Crippen LogP) is 0.687. The molecule has 2 aliphatic rings. The van der Waals surface area contributed by atoms with Crippen LogP contribution in [0.25, 0.3) is 0 Å². The summed E-state index contributed by atoms with van der Waals surface area (Å²) >= 11 is 0. The Morgan fingerprint density at radius 2 is 1.59 bits per heavy atom. The van der Waals surface area contributed by atoms with Crippen LogP contribution in [-0.2, 0) is 42.8 Å². The zero-order valence-electron chi connectivity index (χ0n) is 15.0. The molecule has 10 heteroatoms. The van der Waals surface area contributed by atoms with Gasteiger partial charge >= 0.3 is 11.9 Å². The number of fused-ring (bicyclic) bond motifs is 2. The van der Waals surface area contributed by atoms with Gasteiger partial charge in [0.05, 0.1) is 11.5 Å². The van der Waals surface area contributed by atoms with Gasteiger partial charge in [0.1, 0.15) is 6.10 Å². The van der Waals surface area contributed by atoms with Crippen molar-refractivity contribution in [3.8, 4) is 0 Å². The molecule has 27 heavy (non-hydrogen) atoms. The van der Waals surface area contributed by atoms with E-state index in [4.69, 9.17) is 23.1 Å². The van der Waals surface area contributed by atoms with Crippen molar-refractivity contribution in [2.45, 2.75) is 56.4 Å². The minimum absolute atomic E-state index is 0.0464. The van der Waals surface area contributed by atoms with Crippen molar-refractivity contribution in [2.75, 3.05) is 6.61 Å². The molecule has 9 nitrogen and oxygen atoms in total. The maximum Gasteiger partial charge on any atom is 0.303 e. The lowest BCUT2D eigenvalue weighted by Gasteiger charge is -2.38. The Morgan fingerprint density at radius 3 is 2.19 bits per heavy atom. The van der Waals surface area contributed by atoms with Gasteiger partial charge in [-0.15, -0.1) is 0 Å². The van der Waals surface area contributed by atoms with E-state index in [1.54, 1.807) is 12.1 Å². The van der Waals surface area contributed by atoms with Crippen LogP contribution in [0.3, 0.4) is 0 Å². The quantitative estimate of drug-likeness (QED) is 0.520. The highest BCUT2D eigenvalue weighted by molar-refractivity contribution is 7.86. The van der Waals surface area contributed by atoms with Crippen molar-refractivity contribution >= 4 is 22.1 Å². The topological polar surface area (TPSA) is 114 Å². The zero-order chi connectivity index (χ0) is 19.8. The number of benzene rings is 1. The molecule has 2 bridgehead atoms. The lowest BCUT2D eigenvalue weighted by Crippen LogP contribution is -2.58. The third kappa shape index (κ3) is 4.29. The first-order valence-electron chi connectivity index (χ1n) is 8.29. The molecule has 148 valence electrons. The van der Waals surface area contributed by atoms with Crippen LogP contribution in [0.2, 0.25) is 0 Å². The summed E-state index contributed by atoms with van der Waals surface area (Å²) in [5.74, 6) is -1.31. The number of ether oxygens (including phenoxy) is 4. The highest BCUT2D eigenvalue weighted by Crippen LogP contribution is 2.35. The number of rotatable bonds is 5. The maximum absolute atomic E-state index is 12.7. The Kier molecular flexibility index (Phi) is 5.52. The number of carbonyl (C=O) groups is 2. The Labute approximate surface area is 156 Å². The lowest BCUT2D eigenvalue weighted by atomic mass is 10.0. The van der Waals surface area contributed by atoms with E-state index in [0.29, 0.717) is 0 Å². The summed E-state index contributed by atoms with van der Waals surface area (Å²) in [5, 5.41) is 0. The van der Waals surface area contributed by atoms with E-state index in [1.807, 2.05) is 6.92 Å². The number of hydrogen-bond donors (Lipinski definition) is 0. The Hall–Kier alpha value is -2.01. The molecule has 0 radical (unpaired) electrons. The molecule has 2 aliphatic heterocycles. The molecule has 0 amide bonds. The molecule has 0 spiro atoms. The third-order valence-electron chi connectivity index (χ3n) is 4.17. The molecule has 0 unspecified atom stereocenters. The second kappa shape index (κ2) is 7.55. The van der Waals surface area contributed by atoms with Crippen LogP contribution in [-0.4, -0.2) is 57.7 Å². The molecular weight excluding hydrogens is 380 g/mol. The van der Waals surface area contributed by atoms with Crippen LogP contribution in [0.1, 0.15) is 19.4 Å². The number of hydrogen-bond acceptors (Lipinski definition) is 9. The normalized spacial score (nSPS) is 30.0. The van der Waals surface area contributed by atoms with E-state index < -0.39 is 52.8 Å². The molecule has 3 rings (SSSR count). The summed E-state index contributed by atoms with van der Waals surface area (Å²) in [7, 11) is -4.21. The average molecular weight is 400 g/mol. The summed E-state index contributed by atoms with van der Waals surface area (Å²) in [6.07, 6.45) is -5.35. The SMILES string of the molecule is CC(=O)O[C@@H]1[C@@H](OS(=O)(=O)c2ccc(C)cc2)[C@@H]2OC[C@@H](O2)[C@H]1OC(C)=O. The Balaban J connectivity index is 1.91. The predicted molar refractivity (Wildman–Crippen MR) is 89.0 cm³/mol. The summed E-state index contributed by atoms with van der Waals surface area (Å²) in [6, 6.07) is 6.05. The number of esters is 2. The van der Waals surface area contributed by atoms with Gasteiger partial charge in [-0.1, -0.05) is 17.7 Å². The van der Waals surface area contributed by atoms with Crippen LogP contribution >= 0.6 is 0 Å². The number of carbonyl (C=O) groups excluding carboxylic acids is 2. The Bertz CT molecular complexity index is 817. The fourth-order valence-corrected chi connectivity index (χ4v) is 4.08. The fraction of sp³-hybridized carbons (Fsp3) is 0.529. The van der Waals surface area contributed by atoms with Gasteiger partial charge in [0.15, 0.2) is 24.6 Å². The molecule has 1 aromatic rings. The summed E-state index contributed by atoms with van der Waals surface area (Å²) in [5.41, 5.74) is 0.879. The molecule has 0 N–H and O–H groups in total. The van der Waals surface area contributed by atoms with Crippen LogP contribution in [0.4, 0.5) is 0 Å². The van der Waals surface area contributed by atoms with Crippen molar-refractivity contribution in [1.82, 2.24) is 0 Å². The monoisotopic (exact) mass is 400 g/mol. The minimum atomic E-state index is -4.21. The van der Waals surface area contributed by atoms with Crippen molar-refractivity contribution in [2.24, 2.45) is 0 Å². The molecule has 5 atom stereocenters. The largest absolute Gasteiger partial charge is 0.456 e. The third-order valence-corrected chi connectivity index (χ3v) is 5.49. The average Bonchev–Trinajstić information content (AvgIpc) is 3.01. The minimum Gasteiger partial charge on any atom is -0.456 e. The van der Waals surface area contributed by atoms with E-state index >= 15 is 0 Å². The molecule has 0 aliphatic carbocycles. The van der Waals surface area contributed by atoms with E-state index in [-0.39, 0.29) is 11.5 Å². The maximum atomic E-state index is 12.7. The second-order valence-corrected chi connectivity index (χ2v) is 7.92. The highest BCUT2D eigenvalue weighted by Gasteiger charge is 2.56. The van der Waals surface area contributed by atoms with Crippen molar-refractivity contribution in [3.05, 3.63) is 29.8 Å². The standard InChI is InChI=1S/C17H20O9S/c1-9-4-6-12(7-5-9)27(20,21)26-16-15(24-11(3)19)14(23-10(2)18)13-8-22-17(16)25-13/h4-7,13-17H,8H2,1-3H3/t13-,14-,15+,16-,17-/m1/s1. The van der Waals surface area contributed by atoms with Gasteiger partial charge < -0.3 is 18.9 Å². The molecule has 0 saturated carbocycles. The van der Waals surface area contributed by atoms with Crippen LogP contribution in [0.15, 0.2) is 29.2 Å². The van der Waals surface area contributed by atoms with Gasteiger partial charge in [0, 0.05) is 13.8 Å². The van der Waals surface area contributed by atoms with E-state index in [9.17, 15) is 18.0 Å². The van der Waals surface area contributed by atoms with E-state index in [2.05, 4.69) is 0 Å². The van der Waals surface area contributed by atoms with Gasteiger partial charge in [-0.3, -0.25) is 13.8 Å². The highest BCUT2D eigenvalue weighted by atomic mass is 32.2. The first-order chi connectivity index (χ1) is 12.7. The Morgan fingerprint density at radius 1 is 1.00 bits per heavy atom. The second-order valence-electron chi connectivity index (χ2n) is 6.35. The fourth-order valence-electron chi connectivity index (χ4n) is 3.01. The van der Waals surface area contributed by atoms with Crippen molar-refractivity contribution in [3.63, 3.8) is 0 Å². The van der Waals surface area contributed by atoms with Crippen LogP contribution in [0.5, 0.6) is 0 Å². The van der Waals surface area contributed by atoms with Gasteiger partial charge in [-0.2, -0.15) is 8.42 Å². The van der Waals surface area contributed by atoms with Gasteiger partial charge in [0.2, 0.25) is 0 Å². The van der Waals surface area contributed by atoms with Crippen molar-refractivity contribution < 1.29 is 41.1 Å². The van der Waals surface area contributed by atoms with Crippen LogP contribution in [0, 0.1) is 6.92 Å². The number of aryl methyl sites for hydroxylation is 1. The summed E-state index contributed by atoms with van der Waals surface area (Å²) in [6.45, 7) is 4.21. The molecule has 0 aromatic heterocycles. The molecule has 2 saturated heterocycles. The molecule has 2 heterocycles. The summed E-state index contributed by atoms with van der Waals surface area (Å²) < 4.78 is 52.1. The first-order valence-corrected chi connectivity index (χ1v) is 9.69. The van der Waals surface area contributed by atoms with Crippen molar-refractivity contribution in [1.29, 1.82) is 0 Å². The lowest BCUT2D eigenvalue weighted by molar-refractivity contribution is -0.236. The van der Waals surface area contributed by atoms with E-state index in [1.165, 1.54) is 19.1 Å². The van der Waals surface area contributed by atoms with Gasteiger partial charge in [-0.05, 0) is 19.1 Å². The molecular formula is C17H20O9S. The van der Waals surface area contributed by atoms with Gasteiger partial charge in [-0.25, -0.2) is 0 Å². The van der Waals surface area contributed by atoms with E-state index in [0.717, 1.165) is 12.5 Å². The first kappa shape index (κ1) is 19.7. The molecule has 2 fully saturated rings.